The first-order chi connectivity index (χ1) is 19.0. The van der Waals surface area contributed by atoms with Gasteiger partial charge in [-0.3, -0.25) is 14.4 Å². The number of hydrogen-bond donors (Lipinski definition) is 3. The van der Waals surface area contributed by atoms with Gasteiger partial charge in [-0.2, -0.15) is 5.10 Å². The molecule has 9 heteroatoms. The maximum Gasteiger partial charge on any atom is 0.329 e. The van der Waals surface area contributed by atoms with Gasteiger partial charge in [0.05, 0.1) is 6.21 Å². The highest BCUT2D eigenvalue weighted by Crippen LogP contribution is 2.18. The summed E-state index contributed by atoms with van der Waals surface area (Å²) in [5, 5.41) is 9.36. The van der Waals surface area contributed by atoms with Crippen LogP contribution in [0.5, 0.6) is 11.5 Å². The van der Waals surface area contributed by atoms with Gasteiger partial charge >= 0.3 is 11.8 Å². The molecule has 3 N–H and O–H groups in total. The molecule has 0 heterocycles. The van der Waals surface area contributed by atoms with Crippen LogP contribution in [0.1, 0.15) is 43.2 Å². The molecule has 0 radical (unpaired) electrons. The van der Waals surface area contributed by atoms with E-state index in [2.05, 4.69) is 21.2 Å². The maximum absolute atomic E-state index is 12.2. The number of benzene rings is 3. The van der Waals surface area contributed by atoms with E-state index in [1.54, 1.807) is 48.5 Å². The fourth-order valence-corrected chi connectivity index (χ4v) is 4.09. The standard InChI is InChI=1S/C30H32N4O5/c35-28(32-24-9-5-2-6-10-24)21-39-26-15-11-22(12-16-26)19-31-34-30(37)29(36)33-25-13-17-27(18-14-25)38-20-23-7-3-1-4-8-23/h1,3-4,7-8,11-19,24H,2,5-6,9-10,20-21H2,(H,32,35)(H,33,36)(H,34,37)/b31-19-. The Labute approximate surface area is 227 Å². The van der Waals surface area contributed by atoms with Gasteiger partial charge in [0, 0.05) is 11.7 Å². The number of hydrogen-bond acceptors (Lipinski definition) is 6. The van der Waals surface area contributed by atoms with Crippen LogP contribution in [0.2, 0.25) is 0 Å². The van der Waals surface area contributed by atoms with Crippen molar-refractivity contribution in [2.75, 3.05) is 11.9 Å². The summed E-state index contributed by atoms with van der Waals surface area (Å²) in [6.45, 7) is 0.388. The Morgan fingerprint density at radius 3 is 2.18 bits per heavy atom. The second kappa shape index (κ2) is 14.3. The summed E-state index contributed by atoms with van der Waals surface area (Å²) in [7, 11) is 0. The van der Waals surface area contributed by atoms with E-state index in [1.807, 2.05) is 30.3 Å². The number of carbonyl (C=O) groups is 3. The molecule has 0 spiro atoms. The molecule has 0 saturated heterocycles. The van der Waals surface area contributed by atoms with Crippen LogP contribution in [0.3, 0.4) is 0 Å². The highest BCUT2D eigenvalue weighted by Gasteiger charge is 2.16. The molecule has 1 aliphatic rings. The normalized spacial score (nSPS) is 13.4. The fourth-order valence-electron chi connectivity index (χ4n) is 4.09. The van der Waals surface area contributed by atoms with E-state index in [0.717, 1.165) is 31.2 Å². The number of nitrogens with zero attached hydrogens (tertiary/aromatic N) is 1. The lowest BCUT2D eigenvalue weighted by atomic mass is 9.95. The molecule has 1 aliphatic carbocycles. The van der Waals surface area contributed by atoms with Crippen molar-refractivity contribution in [3.8, 4) is 11.5 Å². The topological polar surface area (TPSA) is 118 Å². The van der Waals surface area contributed by atoms with Gasteiger partial charge in [-0.05, 0) is 72.5 Å². The summed E-state index contributed by atoms with van der Waals surface area (Å²) in [5.41, 5.74) is 4.39. The summed E-state index contributed by atoms with van der Waals surface area (Å²) in [6, 6.07) is 23.6. The largest absolute Gasteiger partial charge is 0.489 e. The van der Waals surface area contributed by atoms with Crippen LogP contribution in [0.25, 0.3) is 0 Å². The van der Waals surface area contributed by atoms with E-state index in [0.29, 0.717) is 29.4 Å². The number of amides is 3. The Morgan fingerprint density at radius 1 is 0.795 bits per heavy atom. The average Bonchev–Trinajstić information content (AvgIpc) is 2.97. The quantitative estimate of drug-likeness (QED) is 0.207. The molecule has 0 atom stereocenters. The third kappa shape index (κ3) is 9.30. The van der Waals surface area contributed by atoms with E-state index < -0.39 is 11.8 Å². The first kappa shape index (κ1) is 27.4. The molecule has 4 rings (SSSR count). The zero-order valence-electron chi connectivity index (χ0n) is 21.6. The van der Waals surface area contributed by atoms with Gasteiger partial charge in [-0.25, -0.2) is 5.43 Å². The minimum atomic E-state index is -0.903. The molecule has 0 bridgehead atoms. The van der Waals surface area contributed by atoms with Crippen LogP contribution in [-0.2, 0) is 21.0 Å². The number of rotatable bonds is 10. The van der Waals surface area contributed by atoms with Crippen LogP contribution >= 0.6 is 0 Å². The van der Waals surface area contributed by atoms with Crippen LogP contribution in [0, 0.1) is 0 Å². The number of carbonyl (C=O) groups excluding carboxylic acids is 3. The molecule has 3 amide bonds. The van der Waals surface area contributed by atoms with Gasteiger partial charge in [0.15, 0.2) is 6.61 Å². The molecule has 39 heavy (non-hydrogen) atoms. The monoisotopic (exact) mass is 528 g/mol. The first-order valence-electron chi connectivity index (χ1n) is 13.0. The van der Waals surface area contributed by atoms with E-state index in [4.69, 9.17) is 9.47 Å². The lowest BCUT2D eigenvalue weighted by Gasteiger charge is -2.22. The Balaban J connectivity index is 1.15. The second-order valence-corrected chi connectivity index (χ2v) is 9.21. The van der Waals surface area contributed by atoms with Crippen molar-refractivity contribution in [1.82, 2.24) is 10.7 Å². The lowest BCUT2D eigenvalue weighted by Crippen LogP contribution is -2.38. The van der Waals surface area contributed by atoms with Crippen molar-refractivity contribution in [3.63, 3.8) is 0 Å². The minimum Gasteiger partial charge on any atom is -0.489 e. The lowest BCUT2D eigenvalue weighted by molar-refractivity contribution is -0.136. The van der Waals surface area contributed by atoms with Crippen molar-refractivity contribution in [2.45, 2.75) is 44.8 Å². The Morgan fingerprint density at radius 2 is 1.46 bits per heavy atom. The van der Waals surface area contributed by atoms with Crippen LogP contribution in [0.4, 0.5) is 5.69 Å². The van der Waals surface area contributed by atoms with Crippen molar-refractivity contribution >= 4 is 29.6 Å². The van der Waals surface area contributed by atoms with E-state index >= 15 is 0 Å². The molecule has 9 nitrogen and oxygen atoms in total. The summed E-state index contributed by atoms with van der Waals surface area (Å²) in [4.78, 5) is 36.3. The second-order valence-electron chi connectivity index (χ2n) is 9.21. The maximum atomic E-state index is 12.2. The molecule has 3 aromatic carbocycles. The zero-order chi connectivity index (χ0) is 27.3. The predicted molar refractivity (Wildman–Crippen MR) is 149 cm³/mol. The highest BCUT2D eigenvalue weighted by molar-refractivity contribution is 6.39. The van der Waals surface area contributed by atoms with Crippen molar-refractivity contribution in [3.05, 3.63) is 90.0 Å². The Kier molecular flexibility index (Phi) is 10.1. The third-order valence-corrected chi connectivity index (χ3v) is 6.17. The fraction of sp³-hybridized carbons (Fsp3) is 0.267. The molecule has 0 aliphatic heterocycles. The highest BCUT2D eigenvalue weighted by atomic mass is 16.5. The smallest absolute Gasteiger partial charge is 0.329 e. The molecule has 1 saturated carbocycles. The Hall–Kier alpha value is -4.66. The predicted octanol–water partition coefficient (Wildman–Crippen LogP) is 4.18. The van der Waals surface area contributed by atoms with Gasteiger partial charge in [-0.15, -0.1) is 0 Å². The van der Waals surface area contributed by atoms with E-state index in [-0.39, 0.29) is 18.6 Å². The summed E-state index contributed by atoms with van der Waals surface area (Å²) in [6.07, 6.45) is 6.99. The van der Waals surface area contributed by atoms with Gasteiger partial charge in [0.2, 0.25) is 0 Å². The van der Waals surface area contributed by atoms with Gasteiger partial charge in [0.1, 0.15) is 18.1 Å². The number of anilines is 1. The summed E-state index contributed by atoms with van der Waals surface area (Å²) >= 11 is 0. The van der Waals surface area contributed by atoms with Crippen molar-refractivity contribution < 1.29 is 23.9 Å². The number of ether oxygens (including phenoxy) is 2. The SMILES string of the molecule is O=C(COc1ccc(/C=N\NC(=O)C(=O)Nc2ccc(OCc3ccccc3)cc2)cc1)NC1CCCCC1. The zero-order valence-corrected chi connectivity index (χ0v) is 21.6. The van der Waals surface area contributed by atoms with Gasteiger partial charge in [-0.1, -0.05) is 49.6 Å². The third-order valence-electron chi connectivity index (χ3n) is 6.17. The van der Waals surface area contributed by atoms with Crippen LogP contribution in [0.15, 0.2) is 84.0 Å². The first-order valence-corrected chi connectivity index (χ1v) is 13.0. The molecular weight excluding hydrogens is 496 g/mol. The summed E-state index contributed by atoms with van der Waals surface area (Å²) in [5.74, 6) is -0.684. The van der Waals surface area contributed by atoms with E-state index in [1.165, 1.54) is 12.6 Å². The van der Waals surface area contributed by atoms with E-state index in [9.17, 15) is 14.4 Å². The van der Waals surface area contributed by atoms with Gasteiger partial charge in [0.25, 0.3) is 5.91 Å². The average molecular weight is 529 g/mol. The molecule has 1 fully saturated rings. The number of hydrazone groups is 1. The molecular formula is C30H32N4O5. The van der Waals surface area contributed by atoms with Crippen molar-refractivity contribution in [1.29, 1.82) is 0 Å². The Bertz CT molecular complexity index is 1250. The number of nitrogens with one attached hydrogen (secondary N) is 3. The van der Waals surface area contributed by atoms with Gasteiger partial charge < -0.3 is 20.1 Å². The summed E-state index contributed by atoms with van der Waals surface area (Å²) < 4.78 is 11.3. The molecule has 202 valence electrons. The van der Waals surface area contributed by atoms with Crippen molar-refractivity contribution in [2.24, 2.45) is 5.10 Å². The molecule has 0 aromatic heterocycles. The molecule has 3 aromatic rings. The van der Waals surface area contributed by atoms with Crippen LogP contribution < -0.4 is 25.5 Å². The van der Waals surface area contributed by atoms with Crippen LogP contribution in [-0.4, -0.2) is 36.6 Å². The minimum absolute atomic E-state index is 0.0431. The molecule has 0 unspecified atom stereocenters.